The minimum Gasteiger partial charge on any atom is -0.507 e. The van der Waals surface area contributed by atoms with Gasteiger partial charge in [-0.15, -0.1) is 0 Å². The fourth-order valence-electron chi connectivity index (χ4n) is 2.36. The summed E-state index contributed by atoms with van der Waals surface area (Å²) in [5.41, 5.74) is 8.98. The Kier molecular flexibility index (Phi) is 3.47. The molecule has 0 radical (unpaired) electrons. The van der Waals surface area contributed by atoms with Gasteiger partial charge in [0, 0.05) is 11.1 Å². The summed E-state index contributed by atoms with van der Waals surface area (Å²) in [5, 5.41) is 19.4. The van der Waals surface area contributed by atoms with Crippen molar-refractivity contribution >= 4 is 5.82 Å². The smallest absolute Gasteiger partial charge is 0.142 e. The zero-order chi connectivity index (χ0) is 15.5. The third-order valence-electron chi connectivity index (χ3n) is 3.42. The number of nitrogens with two attached hydrogens (primary N) is 1. The number of phenolic OH excluding ortho intramolecular Hbond substituents is 1. The molecule has 0 fully saturated rings. The summed E-state index contributed by atoms with van der Waals surface area (Å²) in [5.74, 6) is 0.278. The van der Waals surface area contributed by atoms with Crippen LogP contribution in [0.2, 0.25) is 0 Å². The van der Waals surface area contributed by atoms with Crippen LogP contribution >= 0.6 is 0 Å². The Hall–Kier alpha value is -3.32. The quantitative estimate of drug-likeness (QED) is 0.754. The highest BCUT2D eigenvalue weighted by Crippen LogP contribution is 2.34. The van der Waals surface area contributed by atoms with E-state index in [9.17, 15) is 10.4 Å². The van der Waals surface area contributed by atoms with Crippen molar-refractivity contribution in [2.24, 2.45) is 0 Å². The predicted octanol–water partition coefficient (Wildman–Crippen LogP) is 3.58. The summed E-state index contributed by atoms with van der Waals surface area (Å²) in [7, 11) is 0. The van der Waals surface area contributed by atoms with Crippen LogP contribution < -0.4 is 5.73 Å². The van der Waals surface area contributed by atoms with Crippen molar-refractivity contribution in [1.29, 1.82) is 5.26 Å². The number of para-hydroxylation sites is 1. The van der Waals surface area contributed by atoms with Gasteiger partial charge >= 0.3 is 0 Å². The van der Waals surface area contributed by atoms with Crippen LogP contribution in [0, 0.1) is 11.3 Å². The molecule has 0 bridgehead atoms. The van der Waals surface area contributed by atoms with E-state index in [-0.39, 0.29) is 11.6 Å². The van der Waals surface area contributed by atoms with Gasteiger partial charge in [-0.3, -0.25) is 0 Å². The third kappa shape index (κ3) is 2.36. The molecule has 0 saturated heterocycles. The summed E-state index contributed by atoms with van der Waals surface area (Å²) in [4.78, 5) is 4.26. The van der Waals surface area contributed by atoms with Crippen LogP contribution in [0.3, 0.4) is 0 Å². The maximum Gasteiger partial charge on any atom is 0.142 e. The van der Waals surface area contributed by atoms with E-state index in [1.165, 1.54) is 0 Å². The number of nitrogens with zero attached hydrogens (tertiary/aromatic N) is 2. The van der Waals surface area contributed by atoms with Crippen molar-refractivity contribution in [3.63, 3.8) is 0 Å². The Morgan fingerprint density at radius 2 is 1.64 bits per heavy atom. The normalized spacial score (nSPS) is 10.1. The van der Waals surface area contributed by atoms with Crippen LogP contribution in [0.1, 0.15) is 5.56 Å². The van der Waals surface area contributed by atoms with Crippen molar-refractivity contribution in [2.45, 2.75) is 0 Å². The lowest BCUT2D eigenvalue weighted by Crippen LogP contribution is -1.99. The van der Waals surface area contributed by atoms with E-state index in [0.29, 0.717) is 22.4 Å². The number of anilines is 1. The van der Waals surface area contributed by atoms with Crippen LogP contribution in [0.5, 0.6) is 5.75 Å². The minimum atomic E-state index is 0.123. The maximum absolute atomic E-state index is 10.00. The van der Waals surface area contributed by atoms with Crippen LogP contribution in [0.4, 0.5) is 5.82 Å². The molecule has 4 heteroatoms. The van der Waals surface area contributed by atoms with E-state index < -0.39 is 0 Å². The van der Waals surface area contributed by atoms with E-state index in [1.807, 2.05) is 36.4 Å². The molecule has 2 aromatic carbocycles. The topological polar surface area (TPSA) is 82.9 Å². The number of nitriles is 1. The molecule has 4 nitrogen and oxygen atoms in total. The van der Waals surface area contributed by atoms with Crippen molar-refractivity contribution in [3.05, 3.63) is 66.2 Å². The Morgan fingerprint density at radius 1 is 0.955 bits per heavy atom. The van der Waals surface area contributed by atoms with E-state index in [4.69, 9.17) is 5.73 Å². The molecule has 3 rings (SSSR count). The van der Waals surface area contributed by atoms with Crippen molar-refractivity contribution < 1.29 is 5.11 Å². The van der Waals surface area contributed by atoms with Gasteiger partial charge in [0.05, 0.1) is 5.69 Å². The maximum atomic E-state index is 10.00. The van der Waals surface area contributed by atoms with E-state index in [2.05, 4.69) is 11.1 Å². The van der Waals surface area contributed by atoms with Crippen LogP contribution in [0.15, 0.2) is 60.7 Å². The number of aromatic hydroxyl groups is 1. The number of nitrogen functional groups attached to an aromatic ring is 1. The second kappa shape index (κ2) is 5.58. The van der Waals surface area contributed by atoms with Crippen LogP contribution in [-0.4, -0.2) is 10.1 Å². The molecular formula is C18H13N3O. The van der Waals surface area contributed by atoms with Crippen molar-refractivity contribution in [3.8, 4) is 34.2 Å². The summed E-state index contributed by atoms with van der Waals surface area (Å²) in [6.07, 6.45) is 0. The molecule has 0 aliphatic heterocycles. The first-order chi connectivity index (χ1) is 10.7. The van der Waals surface area contributed by atoms with E-state index in [0.717, 1.165) is 5.56 Å². The predicted molar refractivity (Wildman–Crippen MR) is 85.9 cm³/mol. The summed E-state index contributed by atoms with van der Waals surface area (Å²) in [6.45, 7) is 0. The SMILES string of the molecule is N#Cc1c(-c2ccccc2)cc(-c2ccccc2O)nc1N. The van der Waals surface area contributed by atoms with Crippen molar-refractivity contribution in [1.82, 2.24) is 4.98 Å². The zero-order valence-corrected chi connectivity index (χ0v) is 11.7. The van der Waals surface area contributed by atoms with E-state index in [1.54, 1.807) is 24.3 Å². The highest BCUT2D eigenvalue weighted by molar-refractivity contribution is 5.81. The fourth-order valence-corrected chi connectivity index (χ4v) is 2.36. The average Bonchev–Trinajstić information content (AvgIpc) is 2.55. The molecule has 1 aromatic heterocycles. The van der Waals surface area contributed by atoms with Gasteiger partial charge in [-0.25, -0.2) is 4.98 Å². The lowest BCUT2D eigenvalue weighted by atomic mass is 9.98. The molecule has 0 spiro atoms. The monoisotopic (exact) mass is 287 g/mol. The highest BCUT2D eigenvalue weighted by atomic mass is 16.3. The lowest BCUT2D eigenvalue weighted by molar-refractivity contribution is 0.477. The molecule has 0 aliphatic carbocycles. The van der Waals surface area contributed by atoms with Gasteiger partial charge in [-0.2, -0.15) is 5.26 Å². The zero-order valence-electron chi connectivity index (χ0n) is 11.7. The molecular weight excluding hydrogens is 274 g/mol. The van der Waals surface area contributed by atoms with Gasteiger partial charge in [0.1, 0.15) is 23.2 Å². The molecule has 0 atom stereocenters. The van der Waals surface area contributed by atoms with Crippen molar-refractivity contribution in [2.75, 3.05) is 5.73 Å². The number of phenols is 1. The lowest BCUT2D eigenvalue weighted by Gasteiger charge is -2.11. The molecule has 0 unspecified atom stereocenters. The van der Waals surface area contributed by atoms with Gasteiger partial charge in [-0.05, 0) is 23.8 Å². The van der Waals surface area contributed by atoms with Gasteiger partial charge in [0.25, 0.3) is 0 Å². The standard InChI is InChI=1S/C18H13N3O/c19-11-15-14(12-6-2-1-3-7-12)10-16(21-18(15)20)13-8-4-5-9-17(13)22/h1-10,22H,(H2,20,21). The van der Waals surface area contributed by atoms with Crippen LogP contribution in [-0.2, 0) is 0 Å². The Balaban J connectivity index is 2.27. The summed E-state index contributed by atoms with van der Waals surface area (Å²) >= 11 is 0. The summed E-state index contributed by atoms with van der Waals surface area (Å²) in [6, 6.07) is 20.3. The van der Waals surface area contributed by atoms with E-state index >= 15 is 0 Å². The number of benzene rings is 2. The Labute approximate surface area is 128 Å². The molecule has 3 aromatic rings. The fraction of sp³-hybridized carbons (Fsp3) is 0. The molecule has 0 amide bonds. The third-order valence-corrected chi connectivity index (χ3v) is 3.42. The van der Waals surface area contributed by atoms with Gasteiger partial charge in [0.2, 0.25) is 0 Å². The van der Waals surface area contributed by atoms with Gasteiger partial charge in [0.15, 0.2) is 0 Å². The average molecular weight is 287 g/mol. The first-order valence-electron chi connectivity index (χ1n) is 6.75. The van der Waals surface area contributed by atoms with Crippen LogP contribution in [0.25, 0.3) is 22.4 Å². The molecule has 106 valence electrons. The number of aromatic nitrogens is 1. The number of hydrogen-bond donors (Lipinski definition) is 2. The summed E-state index contributed by atoms with van der Waals surface area (Å²) < 4.78 is 0. The minimum absolute atomic E-state index is 0.123. The molecule has 22 heavy (non-hydrogen) atoms. The number of hydrogen-bond acceptors (Lipinski definition) is 4. The Bertz CT molecular complexity index is 867. The Morgan fingerprint density at radius 3 is 2.32 bits per heavy atom. The second-order valence-corrected chi connectivity index (χ2v) is 4.81. The first kappa shape index (κ1) is 13.7. The molecule has 0 aliphatic rings. The molecule has 1 heterocycles. The van der Waals surface area contributed by atoms with Gasteiger partial charge < -0.3 is 10.8 Å². The number of pyridine rings is 1. The highest BCUT2D eigenvalue weighted by Gasteiger charge is 2.14. The second-order valence-electron chi connectivity index (χ2n) is 4.81. The largest absolute Gasteiger partial charge is 0.507 e. The molecule has 0 saturated carbocycles. The first-order valence-corrected chi connectivity index (χ1v) is 6.75. The van der Waals surface area contributed by atoms with Gasteiger partial charge in [-0.1, -0.05) is 42.5 Å². The molecule has 3 N–H and O–H groups in total. The number of rotatable bonds is 2.